The van der Waals surface area contributed by atoms with Crippen molar-refractivity contribution in [3.05, 3.63) is 53.9 Å². The molecular weight excluding hydrogens is 412 g/mol. The minimum Gasteiger partial charge on any atom is -0.352 e. The van der Waals surface area contributed by atoms with Gasteiger partial charge in [-0.2, -0.15) is 9.61 Å². The highest BCUT2D eigenvalue weighted by Gasteiger charge is 2.16. The lowest BCUT2D eigenvalue weighted by Crippen LogP contribution is -2.33. The van der Waals surface area contributed by atoms with Gasteiger partial charge in [0.15, 0.2) is 11.5 Å². The zero-order valence-electron chi connectivity index (χ0n) is 17.4. The number of benzene rings is 1. The number of nitrogens with one attached hydrogen (secondary N) is 1. The van der Waals surface area contributed by atoms with Gasteiger partial charge in [-0.05, 0) is 37.1 Å². The smallest absolute Gasteiger partial charge is 0.251 e. The molecule has 1 N–H and O–H groups in total. The van der Waals surface area contributed by atoms with Crippen molar-refractivity contribution in [1.82, 2.24) is 30.0 Å². The standard InChI is InChI=1S/C22H26N6O2S/c29-21(27-14-6-1-2-7-15-27)16-31-20-11-10-18-24-25-19(28(18)26-20)12-13-23-22(30)17-8-4-3-5-9-17/h3-5,8-11H,1-2,6-7,12-16H2,(H,23,30). The average Bonchev–Trinajstić information content (AvgIpc) is 3.01. The molecule has 0 atom stereocenters. The number of fused-ring (bicyclic) bond motifs is 1. The van der Waals surface area contributed by atoms with Crippen molar-refractivity contribution in [2.45, 2.75) is 37.1 Å². The maximum atomic E-state index is 12.5. The highest BCUT2D eigenvalue weighted by molar-refractivity contribution is 7.99. The topological polar surface area (TPSA) is 92.5 Å². The number of carbonyl (C=O) groups is 2. The van der Waals surface area contributed by atoms with Crippen LogP contribution in [-0.2, 0) is 11.2 Å². The Kier molecular flexibility index (Phi) is 7.14. The second-order valence-corrected chi connectivity index (χ2v) is 8.51. The molecule has 1 aliphatic heterocycles. The Morgan fingerprint density at radius 1 is 0.968 bits per heavy atom. The monoisotopic (exact) mass is 438 g/mol. The zero-order chi connectivity index (χ0) is 21.5. The molecule has 2 amide bonds. The van der Waals surface area contributed by atoms with Gasteiger partial charge in [-0.1, -0.05) is 42.8 Å². The van der Waals surface area contributed by atoms with Gasteiger partial charge in [-0.3, -0.25) is 9.59 Å². The first-order valence-electron chi connectivity index (χ1n) is 10.7. The summed E-state index contributed by atoms with van der Waals surface area (Å²) >= 11 is 1.43. The summed E-state index contributed by atoms with van der Waals surface area (Å²) in [5.74, 6) is 1.10. The van der Waals surface area contributed by atoms with E-state index in [-0.39, 0.29) is 11.8 Å². The lowest BCUT2D eigenvalue weighted by atomic mass is 10.2. The Bertz CT molecular complexity index is 1030. The summed E-state index contributed by atoms with van der Waals surface area (Å²) in [6, 6.07) is 12.8. The fraction of sp³-hybridized carbons (Fsp3) is 0.409. The first-order valence-corrected chi connectivity index (χ1v) is 11.6. The fourth-order valence-corrected chi connectivity index (χ4v) is 4.33. The maximum absolute atomic E-state index is 12.5. The van der Waals surface area contributed by atoms with Crippen LogP contribution in [0, 0.1) is 0 Å². The summed E-state index contributed by atoms with van der Waals surface area (Å²) < 4.78 is 1.69. The van der Waals surface area contributed by atoms with Crippen LogP contribution in [-0.4, -0.2) is 61.9 Å². The van der Waals surface area contributed by atoms with Crippen molar-refractivity contribution < 1.29 is 9.59 Å². The van der Waals surface area contributed by atoms with Gasteiger partial charge in [0.2, 0.25) is 5.91 Å². The van der Waals surface area contributed by atoms with Crippen LogP contribution >= 0.6 is 11.8 Å². The first kappa shape index (κ1) is 21.3. The maximum Gasteiger partial charge on any atom is 0.251 e. The Hall–Kier alpha value is -2.94. The van der Waals surface area contributed by atoms with Crippen LogP contribution in [0.3, 0.4) is 0 Å². The number of hydrogen-bond acceptors (Lipinski definition) is 6. The second kappa shape index (κ2) is 10.4. The van der Waals surface area contributed by atoms with Crippen LogP contribution in [0.2, 0.25) is 0 Å². The largest absolute Gasteiger partial charge is 0.352 e. The lowest BCUT2D eigenvalue weighted by Gasteiger charge is -2.19. The predicted molar refractivity (Wildman–Crippen MR) is 119 cm³/mol. The van der Waals surface area contributed by atoms with E-state index in [2.05, 4.69) is 20.6 Å². The summed E-state index contributed by atoms with van der Waals surface area (Å²) in [7, 11) is 0. The predicted octanol–water partition coefficient (Wildman–Crippen LogP) is 2.59. The molecular formula is C22H26N6O2S. The molecule has 3 heterocycles. The van der Waals surface area contributed by atoms with Crippen LogP contribution in [0.1, 0.15) is 41.9 Å². The first-order chi connectivity index (χ1) is 15.2. The number of amides is 2. The van der Waals surface area contributed by atoms with E-state index in [9.17, 15) is 9.59 Å². The number of rotatable bonds is 7. The third-order valence-electron chi connectivity index (χ3n) is 5.28. The minimum atomic E-state index is -0.120. The molecule has 1 aliphatic rings. The Labute approximate surface area is 185 Å². The van der Waals surface area contributed by atoms with E-state index in [0.717, 1.165) is 31.0 Å². The third kappa shape index (κ3) is 5.61. The van der Waals surface area contributed by atoms with Crippen molar-refractivity contribution >= 4 is 29.2 Å². The zero-order valence-corrected chi connectivity index (χ0v) is 18.2. The molecule has 9 heteroatoms. The van der Waals surface area contributed by atoms with Gasteiger partial charge in [0.25, 0.3) is 5.91 Å². The number of aromatic nitrogens is 4. The van der Waals surface area contributed by atoms with E-state index in [1.807, 2.05) is 35.2 Å². The molecule has 4 rings (SSSR count). The van der Waals surface area contributed by atoms with Gasteiger partial charge in [0.1, 0.15) is 5.03 Å². The molecule has 0 unspecified atom stereocenters. The molecule has 0 bridgehead atoms. The van der Waals surface area contributed by atoms with Gasteiger partial charge in [0.05, 0.1) is 5.75 Å². The number of likely N-dealkylation sites (tertiary alicyclic amines) is 1. The highest BCUT2D eigenvalue weighted by Crippen LogP contribution is 2.18. The summed E-state index contributed by atoms with van der Waals surface area (Å²) in [5, 5.41) is 16.6. The minimum absolute atomic E-state index is 0.120. The second-order valence-electron chi connectivity index (χ2n) is 7.51. The molecule has 31 heavy (non-hydrogen) atoms. The van der Waals surface area contributed by atoms with Crippen LogP contribution < -0.4 is 5.32 Å². The number of carbonyl (C=O) groups excluding carboxylic acids is 2. The quantitative estimate of drug-likeness (QED) is 0.570. The highest BCUT2D eigenvalue weighted by atomic mass is 32.2. The van der Waals surface area contributed by atoms with E-state index in [1.54, 1.807) is 16.6 Å². The Balaban J connectivity index is 1.33. The van der Waals surface area contributed by atoms with Crippen LogP contribution in [0.5, 0.6) is 0 Å². The Morgan fingerprint density at radius 3 is 2.52 bits per heavy atom. The molecule has 1 saturated heterocycles. The van der Waals surface area contributed by atoms with E-state index < -0.39 is 0 Å². The molecule has 0 saturated carbocycles. The van der Waals surface area contributed by atoms with E-state index >= 15 is 0 Å². The van der Waals surface area contributed by atoms with Crippen LogP contribution in [0.25, 0.3) is 5.65 Å². The summed E-state index contributed by atoms with van der Waals surface area (Å²) in [4.78, 5) is 26.7. The van der Waals surface area contributed by atoms with E-state index in [4.69, 9.17) is 0 Å². The van der Waals surface area contributed by atoms with Crippen LogP contribution in [0.15, 0.2) is 47.5 Å². The molecule has 2 aromatic heterocycles. The normalized spacial score (nSPS) is 14.4. The Morgan fingerprint density at radius 2 is 1.74 bits per heavy atom. The molecule has 1 fully saturated rings. The van der Waals surface area contributed by atoms with Gasteiger partial charge >= 0.3 is 0 Å². The third-order valence-corrected chi connectivity index (χ3v) is 6.18. The van der Waals surface area contributed by atoms with Crippen molar-refractivity contribution in [3.8, 4) is 0 Å². The van der Waals surface area contributed by atoms with Gasteiger partial charge in [0, 0.05) is 31.6 Å². The van der Waals surface area contributed by atoms with Crippen molar-refractivity contribution in [1.29, 1.82) is 0 Å². The van der Waals surface area contributed by atoms with Gasteiger partial charge < -0.3 is 10.2 Å². The number of nitrogens with zero attached hydrogens (tertiary/aromatic N) is 5. The van der Waals surface area contributed by atoms with Crippen LogP contribution in [0.4, 0.5) is 0 Å². The average molecular weight is 439 g/mol. The van der Waals surface area contributed by atoms with Crippen molar-refractivity contribution in [2.24, 2.45) is 0 Å². The SMILES string of the molecule is O=C(NCCc1nnc2ccc(SCC(=O)N3CCCCCC3)nn12)c1ccccc1. The van der Waals surface area contributed by atoms with Gasteiger partial charge in [-0.15, -0.1) is 10.2 Å². The molecule has 162 valence electrons. The molecule has 0 spiro atoms. The lowest BCUT2D eigenvalue weighted by molar-refractivity contribution is -0.128. The molecule has 3 aromatic rings. The fourth-order valence-electron chi connectivity index (χ4n) is 3.58. The van der Waals surface area contributed by atoms with E-state index in [0.29, 0.717) is 35.8 Å². The molecule has 0 aliphatic carbocycles. The van der Waals surface area contributed by atoms with Gasteiger partial charge in [-0.25, -0.2) is 0 Å². The number of hydrogen-bond donors (Lipinski definition) is 1. The van der Waals surface area contributed by atoms with E-state index in [1.165, 1.54) is 24.6 Å². The number of thioether (sulfide) groups is 1. The molecule has 1 aromatic carbocycles. The van der Waals surface area contributed by atoms with Crippen molar-refractivity contribution in [3.63, 3.8) is 0 Å². The summed E-state index contributed by atoms with van der Waals surface area (Å²) in [6.07, 6.45) is 5.10. The van der Waals surface area contributed by atoms with Crippen molar-refractivity contribution in [2.75, 3.05) is 25.4 Å². The molecule has 0 radical (unpaired) electrons. The summed E-state index contributed by atoms with van der Waals surface area (Å²) in [6.45, 7) is 2.15. The molecule has 8 nitrogen and oxygen atoms in total. The summed E-state index contributed by atoms with van der Waals surface area (Å²) in [5.41, 5.74) is 1.27.